The molecule has 1 heterocycles. The Morgan fingerprint density at radius 2 is 1.93 bits per heavy atom. The Hall–Kier alpha value is -1.11. The molecule has 1 unspecified atom stereocenters. The Morgan fingerprint density at radius 3 is 2.43 bits per heavy atom. The summed E-state index contributed by atoms with van der Waals surface area (Å²) in [7, 11) is -3.39. The van der Waals surface area contributed by atoms with Gasteiger partial charge < -0.3 is 5.73 Å². The molecule has 3 amide bonds. The van der Waals surface area contributed by atoms with E-state index >= 15 is 0 Å². The highest BCUT2D eigenvalue weighted by Crippen LogP contribution is 2.19. The lowest BCUT2D eigenvalue weighted by Gasteiger charge is -2.20. The van der Waals surface area contributed by atoms with E-state index in [1.54, 1.807) is 5.32 Å². The maximum Gasteiger partial charge on any atom is 0.318 e. The molecule has 0 radical (unpaired) electrons. The number of hydrogen-bond acceptors (Lipinski definition) is 4. The number of rotatable bonds is 1. The minimum Gasteiger partial charge on any atom is -0.351 e. The number of urea groups is 1. The third kappa shape index (κ3) is 2.44. The molecule has 1 fully saturated rings. The molecule has 3 N–H and O–H groups in total. The quantitative estimate of drug-likeness (QED) is 0.600. The molecule has 1 saturated heterocycles. The molecule has 0 saturated carbocycles. The van der Waals surface area contributed by atoms with Crippen molar-refractivity contribution in [3.05, 3.63) is 0 Å². The zero-order chi connectivity index (χ0) is 10.8. The number of nitrogens with two attached hydrogens (primary N) is 1. The van der Waals surface area contributed by atoms with Crippen LogP contribution in [0.3, 0.4) is 0 Å². The van der Waals surface area contributed by atoms with Gasteiger partial charge in [0.05, 0.1) is 5.75 Å². The SMILES string of the molecule is NC(=O)NC(=O)C1CCCCS1(=O)=O. The van der Waals surface area contributed by atoms with Gasteiger partial charge in [0.15, 0.2) is 9.84 Å². The van der Waals surface area contributed by atoms with Crippen molar-refractivity contribution in [2.75, 3.05) is 5.75 Å². The summed E-state index contributed by atoms with van der Waals surface area (Å²) in [6.45, 7) is 0. The van der Waals surface area contributed by atoms with Crippen LogP contribution in [0.25, 0.3) is 0 Å². The smallest absolute Gasteiger partial charge is 0.318 e. The van der Waals surface area contributed by atoms with E-state index in [2.05, 4.69) is 0 Å². The minimum atomic E-state index is -3.39. The van der Waals surface area contributed by atoms with Crippen molar-refractivity contribution >= 4 is 21.8 Å². The van der Waals surface area contributed by atoms with Crippen LogP contribution in [0.4, 0.5) is 4.79 Å². The van der Waals surface area contributed by atoms with Crippen molar-refractivity contribution in [1.29, 1.82) is 0 Å². The van der Waals surface area contributed by atoms with E-state index < -0.39 is 27.0 Å². The van der Waals surface area contributed by atoms with Crippen LogP contribution in [0.5, 0.6) is 0 Å². The molecule has 80 valence electrons. The van der Waals surface area contributed by atoms with E-state index in [1.807, 2.05) is 0 Å². The third-order valence-electron chi connectivity index (χ3n) is 2.12. The number of carbonyl (C=O) groups excluding carboxylic acids is 2. The highest BCUT2D eigenvalue weighted by Gasteiger charge is 2.35. The molecular formula is C7H12N2O4S. The van der Waals surface area contributed by atoms with E-state index in [0.717, 1.165) is 0 Å². The fourth-order valence-corrected chi connectivity index (χ4v) is 3.25. The average Bonchev–Trinajstić information content (AvgIpc) is 2.01. The molecule has 1 rings (SSSR count). The maximum absolute atomic E-state index is 11.4. The van der Waals surface area contributed by atoms with Crippen LogP contribution in [0.1, 0.15) is 19.3 Å². The van der Waals surface area contributed by atoms with Gasteiger partial charge in [0, 0.05) is 0 Å². The first-order valence-electron chi connectivity index (χ1n) is 4.25. The summed E-state index contributed by atoms with van der Waals surface area (Å²) < 4.78 is 22.8. The molecule has 1 aliphatic rings. The van der Waals surface area contributed by atoms with Crippen LogP contribution in [-0.2, 0) is 14.6 Å². The standard InChI is InChI=1S/C7H12N2O4S/c8-7(11)9-6(10)5-3-1-2-4-14(5,12)13/h5H,1-4H2,(H3,8,9,10,11). The lowest BCUT2D eigenvalue weighted by molar-refractivity contribution is -0.119. The van der Waals surface area contributed by atoms with E-state index in [0.29, 0.717) is 12.8 Å². The predicted molar refractivity (Wildman–Crippen MR) is 49.2 cm³/mol. The number of amides is 3. The van der Waals surface area contributed by atoms with Crippen LogP contribution in [-0.4, -0.2) is 31.4 Å². The Kier molecular flexibility index (Phi) is 3.10. The van der Waals surface area contributed by atoms with Crippen molar-refractivity contribution in [2.24, 2.45) is 5.73 Å². The Morgan fingerprint density at radius 1 is 1.29 bits per heavy atom. The van der Waals surface area contributed by atoms with E-state index in [4.69, 9.17) is 5.73 Å². The van der Waals surface area contributed by atoms with Gasteiger partial charge in [-0.15, -0.1) is 0 Å². The number of sulfone groups is 1. The lowest BCUT2D eigenvalue weighted by Crippen LogP contribution is -2.46. The predicted octanol–water partition coefficient (Wildman–Crippen LogP) is -0.851. The Labute approximate surface area is 81.8 Å². The first-order chi connectivity index (χ1) is 6.43. The monoisotopic (exact) mass is 220 g/mol. The number of nitrogens with one attached hydrogen (secondary N) is 1. The normalized spacial score (nSPS) is 25.3. The molecular weight excluding hydrogens is 208 g/mol. The zero-order valence-electron chi connectivity index (χ0n) is 7.52. The summed E-state index contributed by atoms with van der Waals surface area (Å²) in [5, 5.41) is 0.681. The van der Waals surface area contributed by atoms with Gasteiger partial charge in [-0.05, 0) is 12.8 Å². The molecule has 0 aromatic carbocycles. The topological polar surface area (TPSA) is 106 Å². The first kappa shape index (κ1) is 11.0. The van der Waals surface area contributed by atoms with E-state index in [1.165, 1.54) is 0 Å². The first-order valence-corrected chi connectivity index (χ1v) is 5.97. The second kappa shape index (κ2) is 3.95. The van der Waals surface area contributed by atoms with Gasteiger partial charge in [-0.1, -0.05) is 6.42 Å². The third-order valence-corrected chi connectivity index (χ3v) is 4.29. The molecule has 0 aromatic rings. The van der Waals surface area contributed by atoms with Gasteiger partial charge in [0.2, 0.25) is 5.91 Å². The number of hydrogen-bond donors (Lipinski definition) is 2. The van der Waals surface area contributed by atoms with Crippen LogP contribution in [0, 0.1) is 0 Å². The second-order valence-corrected chi connectivity index (χ2v) is 5.51. The van der Waals surface area contributed by atoms with E-state index in [-0.39, 0.29) is 12.2 Å². The van der Waals surface area contributed by atoms with Crippen LogP contribution in [0.15, 0.2) is 0 Å². The molecule has 6 nitrogen and oxygen atoms in total. The van der Waals surface area contributed by atoms with Crippen molar-refractivity contribution < 1.29 is 18.0 Å². The fourth-order valence-electron chi connectivity index (χ4n) is 1.45. The number of primary amides is 1. The average molecular weight is 220 g/mol. The van der Waals surface area contributed by atoms with E-state index in [9.17, 15) is 18.0 Å². The van der Waals surface area contributed by atoms with Crippen LogP contribution >= 0.6 is 0 Å². The number of carbonyl (C=O) groups is 2. The van der Waals surface area contributed by atoms with Crippen molar-refractivity contribution in [1.82, 2.24) is 5.32 Å². The van der Waals surface area contributed by atoms with Gasteiger partial charge in [-0.3, -0.25) is 10.1 Å². The summed E-state index contributed by atoms with van der Waals surface area (Å²) in [4.78, 5) is 21.6. The molecule has 0 aliphatic carbocycles. The second-order valence-electron chi connectivity index (χ2n) is 3.20. The summed E-state index contributed by atoms with van der Waals surface area (Å²) >= 11 is 0. The molecule has 7 heteroatoms. The zero-order valence-corrected chi connectivity index (χ0v) is 8.34. The maximum atomic E-state index is 11.4. The van der Waals surface area contributed by atoms with Crippen LogP contribution in [0.2, 0.25) is 0 Å². The van der Waals surface area contributed by atoms with Crippen molar-refractivity contribution in [3.63, 3.8) is 0 Å². The Bertz CT molecular complexity index is 349. The van der Waals surface area contributed by atoms with Gasteiger partial charge in [0.25, 0.3) is 0 Å². The molecule has 0 spiro atoms. The molecule has 0 aromatic heterocycles. The van der Waals surface area contributed by atoms with Crippen LogP contribution < -0.4 is 11.1 Å². The molecule has 1 aliphatic heterocycles. The largest absolute Gasteiger partial charge is 0.351 e. The summed E-state index contributed by atoms with van der Waals surface area (Å²) in [5.41, 5.74) is 4.72. The summed E-state index contributed by atoms with van der Waals surface area (Å²) in [5.74, 6) is -0.804. The molecule has 0 bridgehead atoms. The highest BCUT2D eigenvalue weighted by atomic mass is 32.2. The number of imide groups is 1. The lowest BCUT2D eigenvalue weighted by atomic mass is 10.2. The van der Waals surface area contributed by atoms with Gasteiger partial charge in [0.1, 0.15) is 5.25 Å². The van der Waals surface area contributed by atoms with Crippen molar-refractivity contribution in [2.45, 2.75) is 24.5 Å². The van der Waals surface area contributed by atoms with Gasteiger partial charge in [-0.2, -0.15) is 0 Å². The van der Waals surface area contributed by atoms with Gasteiger partial charge >= 0.3 is 6.03 Å². The minimum absolute atomic E-state index is 0.00382. The summed E-state index contributed by atoms with van der Waals surface area (Å²) in [6.07, 6.45) is 1.51. The van der Waals surface area contributed by atoms with Crippen molar-refractivity contribution in [3.8, 4) is 0 Å². The highest BCUT2D eigenvalue weighted by molar-refractivity contribution is 7.92. The fraction of sp³-hybridized carbons (Fsp3) is 0.714. The Balaban J connectivity index is 2.75. The van der Waals surface area contributed by atoms with Gasteiger partial charge in [-0.25, -0.2) is 13.2 Å². The molecule has 14 heavy (non-hydrogen) atoms. The molecule has 1 atom stereocenters. The summed E-state index contributed by atoms with van der Waals surface area (Å²) in [6, 6.07) is -1.02.